The van der Waals surface area contributed by atoms with E-state index in [1.54, 1.807) is 54.1 Å². The first kappa shape index (κ1) is 24.2. The summed E-state index contributed by atoms with van der Waals surface area (Å²) in [5.41, 5.74) is 0.376. The molecule has 0 spiro atoms. The number of hydrogen-bond donors (Lipinski definition) is 1. The summed E-state index contributed by atoms with van der Waals surface area (Å²) in [5, 5.41) is 3.13. The van der Waals surface area contributed by atoms with Crippen molar-refractivity contribution in [1.29, 1.82) is 0 Å². The number of anilines is 1. The monoisotopic (exact) mass is 478 g/mol. The van der Waals surface area contributed by atoms with Gasteiger partial charge in [0.2, 0.25) is 0 Å². The van der Waals surface area contributed by atoms with E-state index in [9.17, 15) is 14.0 Å². The lowest BCUT2D eigenvalue weighted by Crippen LogP contribution is -2.41. The molecule has 1 N–H and O–H groups in total. The van der Waals surface area contributed by atoms with E-state index in [1.165, 1.54) is 23.3 Å². The predicted molar refractivity (Wildman–Crippen MR) is 131 cm³/mol. The Hall–Kier alpha value is -3.98. The highest BCUT2D eigenvalue weighted by molar-refractivity contribution is 5.89. The fourth-order valence-corrected chi connectivity index (χ4v) is 4.02. The number of carbonyl (C=O) groups excluding carboxylic acids is 1. The molecule has 9 heteroatoms. The number of nitrogens with one attached hydrogen (secondary N) is 1. The minimum absolute atomic E-state index is 0.0556. The standard InChI is InChI=1S/C26H27FN4O4/c1-3-23(24-28-21-12-6-4-10-19(21)25(32)30(24)14-16-34-2)31(17-18-9-8-15-35-18)26(33)29-22-13-7-5-11-20(22)27/h4-13,15,23H,3,14,16-17H2,1-2H3,(H,29,33). The van der Waals surface area contributed by atoms with Crippen molar-refractivity contribution in [2.24, 2.45) is 0 Å². The Morgan fingerprint density at radius 1 is 1.17 bits per heavy atom. The second-order valence-corrected chi connectivity index (χ2v) is 7.98. The Kier molecular flexibility index (Phi) is 7.57. The second-order valence-electron chi connectivity index (χ2n) is 7.98. The summed E-state index contributed by atoms with van der Waals surface area (Å²) >= 11 is 0. The van der Waals surface area contributed by atoms with Gasteiger partial charge in [-0.1, -0.05) is 31.2 Å². The Balaban J connectivity index is 1.81. The Morgan fingerprint density at radius 3 is 2.66 bits per heavy atom. The molecule has 4 aromatic rings. The quantitative estimate of drug-likeness (QED) is 0.367. The summed E-state index contributed by atoms with van der Waals surface area (Å²) in [6, 6.07) is 15.4. The molecule has 4 rings (SSSR count). The smallest absolute Gasteiger partial charge is 0.322 e. The van der Waals surface area contributed by atoms with E-state index in [4.69, 9.17) is 14.1 Å². The van der Waals surface area contributed by atoms with Crippen molar-refractivity contribution in [2.45, 2.75) is 32.5 Å². The Labute approximate surface area is 202 Å². The zero-order valence-corrected chi connectivity index (χ0v) is 19.6. The Bertz CT molecular complexity index is 1350. The molecule has 0 fully saturated rings. The van der Waals surface area contributed by atoms with Gasteiger partial charge >= 0.3 is 6.03 Å². The molecule has 35 heavy (non-hydrogen) atoms. The minimum Gasteiger partial charge on any atom is -0.467 e. The van der Waals surface area contributed by atoms with E-state index in [0.717, 1.165) is 0 Å². The third-order valence-electron chi connectivity index (χ3n) is 5.75. The maximum Gasteiger partial charge on any atom is 0.322 e. The molecule has 0 aliphatic rings. The fourth-order valence-electron chi connectivity index (χ4n) is 4.02. The topological polar surface area (TPSA) is 89.6 Å². The number of rotatable bonds is 9. The third-order valence-corrected chi connectivity index (χ3v) is 5.75. The molecule has 182 valence electrons. The first-order valence-electron chi connectivity index (χ1n) is 11.4. The molecule has 0 aliphatic carbocycles. The number of fused-ring (bicyclic) bond motifs is 1. The summed E-state index contributed by atoms with van der Waals surface area (Å²) in [4.78, 5) is 33.2. The first-order chi connectivity index (χ1) is 17.0. The molecule has 2 heterocycles. The van der Waals surface area contributed by atoms with Crippen molar-refractivity contribution >= 4 is 22.6 Å². The van der Waals surface area contributed by atoms with Gasteiger partial charge in [-0.2, -0.15) is 0 Å². The summed E-state index contributed by atoms with van der Waals surface area (Å²) in [5.74, 6) is 0.412. The molecule has 0 bridgehead atoms. The number of para-hydroxylation sites is 2. The summed E-state index contributed by atoms with van der Waals surface area (Å²) in [6.07, 6.45) is 1.97. The Morgan fingerprint density at radius 2 is 1.94 bits per heavy atom. The maximum atomic E-state index is 14.3. The number of amides is 2. The number of hydrogen-bond acceptors (Lipinski definition) is 5. The van der Waals surface area contributed by atoms with Gasteiger partial charge in [0, 0.05) is 7.11 Å². The van der Waals surface area contributed by atoms with Gasteiger partial charge < -0.3 is 19.4 Å². The van der Waals surface area contributed by atoms with Crippen LogP contribution in [0.2, 0.25) is 0 Å². The lowest BCUT2D eigenvalue weighted by molar-refractivity contribution is 0.161. The van der Waals surface area contributed by atoms with Gasteiger partial charge in [0.05, 0.1) is 48.6 Å². The zero-order chi connectivity index (χ0) is 24.8. The van der Waals surface area contributed by atoms with Crippen molar-refractivity contribution in [3.8, 4) is 0 Å². The normalized spacial score (nSPS) is 12.0. The molecule has 0 saturated carbocycles. The molecular weight excluding hydrogens is 451 g/mol. The molecule has 2 amide bonds. The molecular formula is C26H27FN4O4. The van der Waals surface area contributed by atoms with Gasteiger partial charge in [-0.3, -0.25) is 9.36 Å². The van der Waals surface area contributed by atoms with Crippen LogP contribution in [0.25, 0.3) is 10.9 Å². The van der Waals surface area contributed by atoms with Gasteiger partial charge in [-0.05, 0) is 42.8 Å². The maximum absolute atomic E-state index is 14.3. The number of benzene rings is 2. The first-order valence-corrected chi connectivity index (χ1v) is 11.4. The van der Waals surface area contributed by atoms with Crippen molar-refractivity contribution in [2.75, 3.05) is 19.0 Å². The van der Waals surface area contributed by atoms with E-state index in [2.05, 4.69) is 5.32 Å². The number of furan rings is 1. The zero-order valence-electron chi connectivity index (χ0n) is 19.6. The van der Waals surface area contributed by atoms with Crippen LogP contribution >= 0.6 is 0 Å². The number of aromatic nitrogens is 2. The second kappa shape index (κ2) is 11.0. The van der Waals surface area contributed by atoms with Gasteiger partial charge in [0.25, 0.3) is 5.56 Å². The van der Waals surface area contributed by atoms with Crippen LogP contribution < -0.4 is 10.9 Å². The molecule has 2 aromatic heterocycles. The van der Waals surface area contributed by atoms with E-state index in [-0.39, 0.29) is 24.3 Å². The van der Waals surface area contributed by atoms with Crippen molar-refractivity contribution in [3.05, 3.63) is 94.7 Å². The van der Waals surface area contributed by atoms with Crippen molar-refractivity contribution < 1.29 is 18.3 Å². The average molecular weight is 479 g/mol. The van der Waals surface area contributed by atoms with E-state index < -0.39 is 17.9 Å². The molecule has 0 aliphatic heterocycles. The van der Waals surface area contributed by atoms with E-state index in [0.29, 0.717) is 35.5 Å². The molecule has 2 aromatic carbocycles. The number of ether oxygens (including phenoxy) is 1. The van der Waals surface area contributed by atoms with E-state index in [1.807, 2.05) is 13.0 Å². The van der Waals surface area contributed by atoms with Crippen LogP contribution in [0, 0.1) is 5.82 Å². The van der Waals surface area contributed by atoms with Gasteiger partial charge in [-0.25, -0.2) is 14.2 Å². The summed E-state index contributed by atoms with van der Waals surface area (Å²) in [7, 11) is 1.56. The number of methoxy groups -OCH3 is 1. The molecule has 1 unspecified atom stereocenters. The predicted octanol–water partition coefficient (Wildman–Crippen LogP) is 4.96. The lowest BCUT2D eigenvalue weighted by Gasteiger charge is -2.32. The summed E-state index contributed by atoms with van der Waals surface area (Å²) in [6.45, 7) is 2.56. The van der Waals surface area contributed by atoms with Crippen LogP contribution in [0.4, 0.5) is 14.9 Å². The summed E-state index contributed by atoms with van der Waals surface area (Å²) < 4.78 is 26.6. The van der Waals surface area contributed by atoms with Crippen LogP contribution in [0.5, 0.6) is 0 Å². The fraction of sp³-hybridized carbons (Fsp3) is 0.269. The van der Waals surface area contributed by atoms with Crippen molar-refractivity contribution in [3.63, 3.8) is 0 Å². The molecule has 8 nitrogen and oxygen atoms in total. The highest BCUT2D eigenvalue weighted by Gasteiger charge is 2.30. The number of nitrogens with zero attached hydrogens (tertiary/aromatic N) is 3. The number of halogens is 1. The highest BCUT2D eigenvalue weighted by Crippen LogP contribution is 2.27. The van der Waals surface area contributed by atoms with Gasteiger partial charge in [0.1, 0.15) is 17.4 Å². The number of carbonyl (C=O) groups is 1. The SMILES string of the molecule is CCC(c1nc2ccccc2c(=O)n1CCOC)N(Cc1ccco1)C(=O)Nc1ccccc1F. The molecule has 0 saturated heterocycles. The van der Waals surface area contributed by atoms with Crippen LogP contribution in [0.3, 0.4) is 0 Å². The minimum atomic E-state index is -0.610. The van der Waals surface area contributed by atoms with Crippen LogP contribution in [-0.4, -0.2) is 34.2 Å². The lowest BCUT2D eigenvalue weighted by atomic mass is 10.1. The van der Waals surface area contributed by atoms with Crippen LogP contribution in [0.15, 0.2) is 76.1 Å². The third kappa shape index (κ3) is 5.25. The van der Waals surface area contributed by atoms with Gasteiger partial charge in [-0.15, -0.1) is 0 Å². The van der Waals surface area contributed by atoms with Gasteiger partial charge in [0.15, 0.2) is 0 Å². The van der Waals surface area contributed by atoms with E-state index >= 15 is 0 Å². The largest absolute Gasteiger partial charge is 0.467 e. The highest BCUT2D eigenvalue weighted by atomic mass is 19.1. The van der Waals surface area contributed by atoms with Crippen molar-refractivity contribution in [1.82, 2.24) is 14.5 Å². The van der Waals surface area contributed by atoms with Crippen LogP contribution in [0.1, 0.15) is 31.0 Å². The average Bonchev–Trinajstić information content (AvgIpc) is 3.38. The molecule has 0 radical (unpaired) electrons. The number of urea groups is 1. The molecule has 1 atom stereocenters. The van der Waals surface area contributed by atoms with Crippen LogP contribution in [-0.2, 0) is 17.8 Å².